The van der Waals surface area contributed by atoms with Crippen molar-refractivity contribution in [1.29, 1.82) is 0 Å². The molecule has 0 N–H and O–H groups in total. The van der Waals surface area contributed by atoms with Crippen molar-refractivity contribution in [1.82, 2.24) is 19.6 Å². The fourth-order valence-electron chi connectivity index (χ4n) is 15.5. The molecule has 0 aromatic heterocycles. The van der Waals surface area contributed by atoms with Gasteiger partial charge in [-0.2, -0.15) is 0 Å². The molecule has 0 bridgehead atoms. The van der Waals surface area contributed by atoms with E-state index in [0.29, 0.717) is 76.6 Å². The van der Waals surface area contributed by atoms with Crippen LogP contribution in [0.25, 0.3) is 0 Å². The Labute approximate surface area is 871 Å². The quantitative estimate of drug-likeness (QED) is 0.0251. The second kappa shape index (κ2) is 142. The first-order valence-corrected chi connectivity index (χ1v) is 56.9. The number of rotatable bonds is 88. The largest absolute Gasteiger partial charge is 2.00 e. The zero-order valence-electron chi connectivity index (χ0n) is 81.4. The van der Waals surface area contributed by atoms with Crippen LogP contribution in [0.2, 0.25) is 0 Å². The van der Waals surface area contributed by atoms with Gasteiger partial charge in [-0.1, -0.05) is 535 Å². The Bertz CT molecular complexity index is 1530. The third kappa shape index (κ3) is 139. The van der Waals surface area contributed by atoms with Crippen LogP contribution in [-0.2, 0) is 174 Å². The molecule has 0 rings (SSSR count). The van der Waals surface area contributed by atoms with Crippen LogP contribution in [0.15, 0.2) is 0 Å². The summed E-state index contributed by atoms with van der Waals surface area (Å²) in [6.07, 6.45) is 111. The number of hydrogen-bond donors (Lipinski definition) is 0. The first-order valence-electron chi connectivity index (χ1n) is 51.2. The van der Waals surface area contributed by atoms with Gasteiger partial charge in [-0.05, 0) is 51.4 Å². The van der Waals surface area contributed by atoms with Crippen LogP contribution in [0.4, 0.5) is 0 Å². The molecule has 0 aromatic carbocycles. The summed E-state index contributed by atoms with van der Waals surface area (Å²) < 4.78 is 27.5. The summed E-state index contributed by atoms with van der Waals surface area (Å²) >= 11 is 44.5. The SMILES string of the molecule is CCCCCCCCCCCCN(CCCCCCCCCCCC)C(=S)[S-].CCCCCCCCCCCCN(CCCCCCCCCCCC)C(=S)[S-].CCCCCCCCCCCCN(CCCCCCCCCCCC)C(=S)[S-].CCCCCCCCCCCCN(CCCCCCCCCCCC)C(=S)[S-].[O]=[Mo+4].[O]=[Mo+4].[O]=[Mo+4].[S-2].[S-2].[S-2].[S-2]. The van der Waals surface area contributed by atoms with E-state index in [4.69, 9.17) is 110 Å². The summed E-state index contributed by atoms with van der Waals surface area (Å²) in [7, 11) is 0. The summed E-state index contributed by atoms with van der Waals surface area (Å²) in [4.78, 5) is 9.11. The van der Waals surface area contributed by atoms with E-state index in [0.717, 1.165) is 52.4 Å². The summed E-state index contributed by atoms with van der Waals surface area (Å²) in [6, 6.07) is 0. The Morgan fingerprint density at radius 3 is 0.262 bits per heavy atom. The molecule has 0 atom stereocenters. The van der Waals surface area contributed by atoms with Crippen LogP contribution in [0.3, 0.4) is 0 Å². The summed E-state index contributed by atoms with van der Waals surface area (Å²) in [5.74, 6) is 0. The minimum atomic E-state index is 0. The molecule has 22 heteroatoms. The van der Waals surface area contributed by atoms with E-state index in [-0.39, 0.29) is 54.0 Å². The van der Waals surface area contributed by atoms with Gasteiger partial charge in [0.2, 0.25) is 0 Å². The first kappa shape index (κ1) is 148. The van der Waals surface area contributed by atoms with E-state index in [9.17, 15) is 0 Å². The maximum atomic E-state index is 8.26. The van der Waals surface area contributed by atoms with E-state index in [1.165, 1.54) is 514 Å². The second-order valence-electron chi connectivity index (χ2n) is 34.5. The zero-order chi connectivity index (χ0) is 88.8. The predicted molar refractivity (Wildman–Crippen MR) is 572 cm³/mol. The minimum absolute atomic E-state index is 0. The van der Waals surface area contributed by atoms with Crippen molar-refractivity contribution < 1.29 is 69.5 Å². The number of hydrogen-bond acceptors (Lipinski definition) is 11. The first-order chi connectivity index (χ1) is 57.9. The molecule has 0 saturated carbocycles. The van der Waals surface area contributed by atoms with Crippen molar-refractivity contribution in [2.75, 3.05) is 52.4 Å². The van der Waals surface area contributed by atoms with Crippen LogP contribution >= 0.6 is 48.9 Å². The molecule has 0 fully saturated rings. The molecule has 0 radical (unpaired) electrons. The maximum Gasteiger partial charge on any atom is -2.00 e. The van der Waals surface area contributed by atoms with Gasteiger partial charge in [0, 0.05) is 52.4 Å². The van der Waals surface area contributed by atoms with Gasteiger partial charge in [-0.25, -0.2) is 0 Å². The van der Waals surface area contributed by atoms with Crippen molar-refractivity contribution in [3.05, 3.63) is 0 Å². The Balaban J connectivity index is -0.000000145. The third-order valence-electron chi connectivity index (χ3n) is 23.3. The molecule has 7 nitrogen and oxygen atoms in total. The molecule has 0 aliphatic rings. The molecule has 0 aliphatic carbocycles. The molecule has 0 saturated heterocycles. The van der Waals surface area contributed by atoms with Gasteiger partial charge < -0.3 is 173 Å². The molecule has 0 amide bonds. The van der Waals surface area contributed by atoms with Crippen molar-refractivity contribution >= 4 is 171 Å². The maximum absolute atomic E-state index is 8.26. The number of nitrogens with zero attached hydrogens (tertiary/aromatic N) is 4. The van der Waals surface area contributed by atoms with E-state index in [2.05, 4.69) is 75.0 Å². The predicted octanol–water partition coefficient (Wildman–Crippen LogP) is 35.5. The van der Waals surface area contributed by atoms with Gasteiger partial charge in [0.1, 0.15) is 0 Å². The van der Waals surface area contributed by atoms with Crippen LogP contribution in [0, 0.1) is 0 Å². The summed E-state index contributed by atoms with van der Waals surface area (Å²) in [5, 5.41) is 0. The molecule has 0 aromatic rings. The van der Waals surface area contributed by atoms with E-state index < -0.39 is 0 Å². The topological polar surface area (TPSA) is 64.2 Å². The average molecular weight is 2180 g/mol. The molecular formula is C100H200Mo3N4O3S12. The van der Waals surface area contributed by atoms with Crippen molar-refractivity contribution in [2.45, 2.75) is 569 Å². The van der Waals surface area contributed by atoms with E-state index in [1.54, 1.807) is 0 Å². The average Bonchev–Trinajstić information content (AvgIpc) is 0.985. The third-order valence-corrected chi connectivity index (χ3v) is 25.4. The summed E-state index contributed by atoms with van der Waals surface area (Å²) in [6.45, 7) is 26.9. The fraction of sp³-hybridized carbons (Fsp3) is 0.960. The van der Waals surface area contributed by atoms with E-state index >= 15 is 0 Å². The van der Waals surface area contributed by atoms with Crippen LogP contribution < -0.4 is 0 Å². The van der Waals surface area contributed by atoms with Gasteiger partial charge in [0.15, 0.2) is 0 Å². The molecular weight excluding hydrogens is 1980 g/mol. The zero-order valence-corrected chi connectivity index (χ0v) is 97.2. The Morgan fingerprint density at radius 1 is 0.148 bits per heavy atom. The molecule has 122 heavy (non-hydrogen) atoms. The second-order valence-corrected chi connectivity index (χ2v) is 38.6. The number of thiocarbonyl (C=S) groups is 4. The van der Waals surface area contributed by atoms with E-state index in [1.807, 2.05) is 0 Å². The minimum Gasteiger partial charge on any atom is -2.00 e. The van der Waals surface area contributed by atoms with Crippen molar-refractivity contribution in [2.24, 2.45) is 0 Å². The molecule has 0 aliphatic heterocycles. The Morgan fingerprint density at radius 2 is 0.205 bits per heavy atom. The molecule has 0 spiro atoms. The fourth-order valence-corrected chi connectivity index (χ4v) is 17.0. The van der Waals surface area contributed by atoms with Crippen molar-refractivity contribution in [3.63, 3.8) is 0 Å². The number of unbranched alkanes of at least 4 members (excludes halogenated alkanes) is 72. The molecule has 728 valence electrons. The van der Waals surface area contributed by atoms with Gasteiger partial charge in [-0.3, -0.25) is 0 Å². The van der Waals surface area contributed by atoms with Gasteiger partial charge in [0.05, 0.1) is 0 Å². The summed E-state index contributed by atoms with van der Waals surface area (Å²) in [5.41, 5.74) is 0. The normalized spacial score (nSPS) is 10.3. The van der Waals surface area contributed by atoms with Gasteiger partial charge in [0.25, 0.3) is 0 Å². The van der Waals surface area contributed by atoms with Gasteiger partial charge >= 0.3 is 69.5 Å². The van der Waals surface area contributed by atoms with Crippen molar-refractivity contribution in [3.8, 4) is 0 Å². The van der Waals surface area contributed by atoms with Crippen LogP contribution in [0.5, 0.6) is 0 Å². The smallest absolute Gasteiger partial charge is 2.00 e. The van der Waals surface area contributed by atoms with Gasteiger partial charge in [-0.15, -0.1) is 0 Å². The standard InChI is InChI=1S/4C25H51NS2.3Mo.3O.4S/c4*1-3-5-7-9-11-13-15-17-19-21-23-26(25(27)28)24-22-20-18-16-14-12-10-8-6-4-2;;;;;;;;;;/h4*3-24H2,1-2H3,(H,27,28);;;;;;;;;;/q;;;;3*+4;;;;4*-2/p-4. The molecule has 0 heterocycles. The van der Waals surface area contributed by atoms with Crippen LogP contribution in [-0.4, -0.2) is 89.2 Å². The van der Waals surface area contributed by atoms with Crippen LogP contribution in [0.1, 0.15) is 569 Å². The Kier molecular flexibility index (Phi) is 173. The molecule has 0 unspecified atom stereocenters. The monoisotopic (exact) mass is 2180 g/mol. The Hall–Kier alpha value is 3.30.